The Balaban J connectivity index is 2.22. The number of nitrogens with zero attached hydrogens (tertiary/aromatic N) is 1. The van der Waals surface area contributed by atoms with Crippen molar-refractivity contribution in [1.82, 2.24) is 4.31 Å². The van der Waals surface area contributed by atoms with Crippen molar-refractivity contribution in [2.24, 2.45) is 0 Å². The molecule has 0 saturated heterocycles. The third-order valence-electron chi connectivity index (χ3n) is 3.06. The van der Waals surface area contributed by atoms with Gasteiger partial charge >= 0.3 is 0 Å². The average molecular weight is 254 g/mol. The molecule has 4 nitrogen and oxygen atoms in total. The molecule has 5 heteroatoms. The Morgan fingerprint density at radius 3 is 2.53 bits per heavy atom. The van der Waals surface area contributed by atoms with E-state index in [9.17, 15) is 8.42 Å². The van der Waals surface area contributed by atoms with Gasteiger partial charge in [-0.1, -0.05) is 18.2 Å². The Kier molecular flexibility index (Phi) is 3.40. The molecule has 0 spiro atoms. The molecule has 94 valence electrons. The molecule has 0 unspecified atom stereocenters. The molecule has 0 aliphatic heterocycles. The summed E-state index contributed by atoms with van der Waals surface area (Å²) < 4.78 is 25.6. The van der Waals surface area contributed by atoms with Gasteiger partial charge in [-0.3, -0.25) is 0 Å². The number of para-hydroxylation sites is 1. The van der Waals surface area contributed by atoms with E-state index in [0.29, 0.717) is 12.2 Å². The second-order valence-corrected chi connectivity index (χ2v) is 6.59. The first-order valence-corrected chi connectivity index (χ1v) is 7.48. The summed E-state index contributed by atoms with van der Waals surface area (Å²) in [6.07, 6.45) is 1.93. The van der Waals surface area contributed by atoms with Crippen LogP contribution < -0.4 is 5.73 Å². The minimum absolute atomic E-state index is 0.149. The summed E-state index contributed by atoms with van der Waals surface area (Å²) in [4.78, 5) is 0. The molecule has 17 heavy (non-hydrogen) atoms. The lowest BCUT2D eigenvalue weighted by atomic mass is 10.2. The molecule has 0 atom stereocenters. The normalized spacial score (nSPS) is 16.4. The van der Waals surface area contributed by atoms with Crippen LogP contribution in [0.1, 0.15) is 25.3 Å². The summed E-state index contributed by atoms with van der Waals surface area (Å²) in [6.45, 7) is 2.08. The summed E-state index contributed by atoms with van der Waals surface area (Å²) in [5, 5.41) is 0. The first kappa shape index (κ1) is 12.4. The molecule has 0 amide bonds. The van der Waals surface area contributed by atoms with E-state index in [4.69, 9.17) is 5.73 Å². The van der Waals surface area contributed by atoms with Crippen LogP contribution in [0.3, 0.4) is 0 Å². The summed E-state index contributed by atoms with van der Waals surface area (Å²) in [6, 6.07) is 7.61. The maximum Gasteiger partial charge on any atom is 0.214 e. The van der Waals surface area contributed by atoms with Crippen LogP contribution in [0.15, 0.2) is 24.3 Å². The molecule has 2 rings (SSSR count). The van der Waals surface area contributed by atoms with Gasteiger partial charge in [-0.25, -0.2) is 8.42 Å². The maximum absolute atomic E-state index is 12.0. The molecule has 1 aliphatic carbocycles. The molecule has 0 heterocycles. The zero-order valence-corrected chi connectivity index (χ0v) is 10.8. The Morgan fingerprint density at radius 2 is 2.00 bits per heavy atom. The van der Waals surface area contributed by atoms with Crippen molar-refractivity contribution in [2.75, 3.05) is 11.5 Å². The van der Waals surface area contributed by atoms with Gasteiger partial charge in [0.2, 0.25) is 10.0 Å². The van der Waals surface area contributed by atoms with Crippen LogP contribution in [0.25, 0.3) is 0 Å². The third-order valence-corrected chi connectivity index (χ3v) is 4.93. The SMILES string of the molecule is CCS(=O)(=O)N(Cc1ccccc1N)C1CC1. The second kappa shape index (κ2) is 4.66. The van der Waals surface area contributed by atoms with Crippen LogP contribution in [0.2, 0.25) is 0 Å². The molecule has 0 aromatic heterocycles. The maximum atomic E-state index is 12.0. The van der Waals surface area contributed by atoms with E-state index >= 15 is 0 Å². The highest BCUT2D eigenvalue weighted by molar-refractivity contribution is 7.89. The Hall–Kier alpha value is -1.07. The number of hydrogen-bond acceptors (Lipinski definition) is 3. The minimum Gasteiger partial charge on any atom is -0.398 e. The van der Waals surface area contributed by atoms with Crippen LogP contribution in [-0.2, 0) is 16.6 Å². The van der Waals surface area contributed by atoms with E-state index in [1.165, 1.54) is 0 Å². The topological polar surface area (TPSA) is 63.4 Å². The fourth-order valence-corrected chi connectivity index (χ4v) is 3.16. The van der Waals surface area contributed by atoms with Gasteiger partial charge in [-0.05, 0) is 31.4 Å². The van der Waals surface area contributed by atoms with Crippen molar-refractivity contribution in [3.8, 4) is 0 Å². The van der Waals surface area contributed by atoms with Gasteiger partial charge in [0, 0.05) is 18.3 Å². The monoisotopic (exact) mass is 254 g/mol. The quantitative estimate of drug-likeness (QED) is 0.811. The lowest BCUT2D eigenvalue weighted by molar-refractivity contribution is 0.400. The number of benzene rings is 1. The van der Waals surface area contributed by atoms with Crippen molar-refractivity contribution >= 4 is 15.7 Å². The van der Waals surface area contributed by atoms with E-state index in [1.807, 2.05) is 18.2 Å². The Morgan fingerprint density at radius 1 is 1.35 bits per heavy atom. The van der Waals surface area contributed by atoms with Gasteiger partial charge in [0.05, 0.1) is 5.75 Å². The van der Waals surface area contributed by atoms with E-state index in [0.717, 1.165) is 18.4 Å². The number of nitrogens with two attached hydrogens (primary N) is 1. The van der Waals surface area contributed by atoms with Gasteiger partial charge in [-0.2, -0.15) is 4.31 Å². The summed E-state index contributed by atoms with van der Waals surface area (Å²) in [5.74, 6) is 0.149. The van der Waals surface area contributed by atoms with Crippen molar-refractivity contribution < 1.29 is 8.42 Å². The third kappa shape index (κ3) is 2.79. The van der Waals surface area contributed by atoms with E-state index in [1.54, 1.807) is 17.3 Å². The first-order chi connectivity index (χ1) is 8.04. The van der Waals surface area contributed by atoms with Crippen LogP contribution in [0, 0.1) is 0 Å². The van der Waals surface area contributed by atoms with Crippen LogP contribution in [0.5, 0.6) is 0 Å². The zero-order valence-electron chi connectivity index (χ0n) is 9.96. The van der Waals surface area contributed by atoms with Gasteiger partial charge in [0.15, 0.2) is 0 Å². The Bertz CT molecular complexity index is 495. The molecule has 2 N–H and O–H groups in total. The van der Waals surface area contributed by atoms with E-state index in [2.05, 4.69) is 0 Å². The van der Waals surface area contributed by atoms with E-state index in [-0.39, 0.29) is 11.8 Å². The fourth-order valence-electron chi connectivity index (χ4n) is 1.83. The molecule has 1 saturated carbocycles. The van der Waals surface area contributed by atoms with Gasteiger partial charge in [0.25, 0.3) is 0 Å². The summed E-state index contributed by atoms with van der Waals surface area (Å²) in [5.41, 5.74) is 7.40. The molecular weight excluding hydrogens is 236 g/mol. The lowest BCUT2D eigenvalue weighted by Crippen LogP contribution is -2.34. The molecule has 1 aliphatic rings. The smallest absolute Gasteiger partial charge is 0.214 e. The zero-order chi connectivity index (χ0) is 12.5. The first-order valence-electron chi connectivity index (χ1n) is 5.87. The largest absolute Gasteiger partial charge is 0.398 e. The Labute approximate surface area is 102 Å². The second-order valence-electron chi connectivity index (χ2n) is 4.38. The van der Waals surface area contributed by atoms with E-state index < -0.39 is 10.0 Å². The van der Waals surface area contributed by atoms with Crippen LogP contribution >= 0.6 is 0 Å². The van der Waals surface area contributed by atoms with Crippen molar-refractivity contribution in [3.63, 3.8) is 0 Å². The minimum atomic E-state index is -3.13. The highest BCUT2D eigenvalue weighted by Crippen LogP contribution is 2.31. The number of anilines is 1. The lowest BCUT2D eigenvalue weighted by Gasteiger charge is -2.21. The predicted octanol–water partition coefficient (Wildman–Crippen LogP) is 1.58. The van der Waals surface area contributed by atoms with Gasteiger partial charge in [0.1, 0.15) is 0 Å². The van der Waals surface area contributed by atoms with Gasteiger partial charge in [-0.15, -0.1) is 0 Å². The molecule has 0 bridgehead atoms. The fraction of sp³-hybridized carbons (Fsp3) is 0.500. The van der Waals surface area contributed by atoms with Crippen LogP contribution in [-0.4, -0.2) is 24.5 Å². The molecule has 1 aromatic carbocycles. The van der Waals surface area contributed by atoms with Crippen LogP contribution in [0.4, 0.5) is 5.69 Å². The number of hydrogen-bond donors (Lipinski definition) is 1. The number of sulfonamides is 1. The average Bonchev–Trinajstić information content (AvgIpc) is 3.12. The van der Waals surface area contributed by atoms with Crippen molar-refractivity contribution in [3.05, 3.63) is 29.8 Å². The molecule has 1 fully saturated rings. The number of rotatable bonds is 5. The molecular formula is C12H18N2O2S. The predicted molar refractivity (Wildman–Crippen MR) is 68.9 cm³/mol. The highest BCUT2D eigenvalue weighted by atomic mass is 32.2. The highest BCUT2D eigenvalue weighted by Gasteiger charge is 2.36. The summed E-state index contributed by atoms with van der Waals surface area (Å²) >= 11 is 0. The standard InChI is InChI=1S/C12H18N2O2S/c1-2-17(15,16)14(11-7-8-11)9-10-5-3-4-6-12(10)13/h3-6,11H,2,7-9,13H2,1H3. The van der Waals surface area contributed by atoms with Crippen molar-refractivity contribution in [2.45, 2.75) is 32.4 Å². The van der Waals surface area contributed by atoms with Gasteiger partial charge < -0.3 is 5.73 Å². The molecule has 1 aromatic rings. The van der Waals surface area contributed by atoms with Crippen molar-refractivity contribution in [1.29, 1.82) is 0 Å². The molecule has 0 radical (unpaired) electrons. The summed E-state index contributed by atoms with van der Waals surface area (Å²) in [7, 11) is -3.13. The number of nitrogen functional groups attached to an aromatic ring is 1.